The number of hydrogen-bond acceptors (Lipinski definition) is 4. The molecule has 0 bridgehead atoms. The fourth-order valence-electron chi connectivity index (χ4n) is 5.01. The Hall–Kier alpha value is -4.43. The molecule has 0 radical (unpaired) electrons. The molecule has 2 N–H and O–H groups in total. The molecule has 8 heteroatoms. The van der Waals surface area contributed by atoms with Crippen molar-refractivity contribution < 1.29 is 24.2 Å². The molecule has 202 valence electrons. The van der Waals surface area contributed by atoms with Gasteiger partial charge < -0.3 is 14.7 Å². The van der Waals surface area contributed by atoms with Gasteiger partial charge in [0.25, 0.3) is 5.91 Å². The van der Waals surface area contributed by atoms with Gasteiger partial charge >= 0.3 is 12.1 Å². The number of nitrogens with one attached hydrogen (secondary N) is 1. The van der Waals surface area contributed by atoms with Gasteiger partial charge in [-0.05, 0) is 46.0 Å². The zero-order valence-corrected chi connectivity index (χ0v) is 23.1. The van der Waals surface area contributed by atoms with Crippen LogP contribution < -0.4 is 5.32 Å². The molecule has 1 aliphatic carbocycles. The van der Waals surface area contributed by atoms with Gasteiger partial charge in [0.2, 0.25) is 0 Å². The van der Waals surface area contributed by atoms with Crippen molar-refractivity contribution in [2.24, 2.45) is 0 Å². The number of anilines is 1. The molecule has 1 aliphatic rings. The molecule has 0 heterocycles. The highest BCUT2D eigenvalue weighted by atomic mass is 79.9. The Bertz CT molecular complexity index is 1510. The summed E-state index contributed by atoms with van der Waals surface area (Å²) in [4.78, 5) is 39.0. The second-order valence-electron chi connectivity index (χ2n) is 9.54. The number of ether oxygens (including phenoxy) is 1. The first-order valence-electron chi connectivity index (χ1n) is 12.9. The number of rotatable bonds is 9. The molecular formula is C32H27BrN2O5. The van der Waals surface area contributed by atoms with Crippen LogP contribution in [0.5, 0.6) is 0 Å². The Morgan fingerprint density at radius 1 is 0.850 bits per heavy atom. The molecule has 7 nitrogen and oxygen atoms in total. The van der Waals surface area contributed by atoms with Crippen LogP contribution in [0.25, 0.3) is 11.1 Å². The zero-order valence-electron chi connectivity index (χ0n) is 21.5. The van der Waals surface area contributed by atoms with E-state index in [1.807, 2.05) is 54.6 Å². The van der Waals surface area contributed by atoms with Crippen molar-refractivity contribution in [2.45, 2.75) is 18.9 Å². The minimum atomic E-state index is -0.988. The third kappa shape index (κ3) is 6.24. The SMILES string of the molecule is O=C(O)CCN(Cc1ccccc1)C(=O)c1cc(Br)cc(NC(=O)OCC2c3ccccc3-c3ccccc32)c1. The van der Waals surface area contributed by atoms with Crippen molar-refractivity contribution in [3.8, 4) is 11.1 Å². The van der Waals surface area contributed by atoms with E-state index in [0.717, 1.165) is 27.8 Å². The Morgan fingerprint density at radius 2 is 1.48 bits per heavy atom. The van der Waals surface area contributed by atoms with E-state index in [0.29, 0.717) is 15.7 Å². The van der Waals surface area contributed by atoms with Crippen molar-refractivity contribution in [3.63, 3.8) is 0 Å². The summed E-state index contributed by atoms with van der Waals surface area (Å²) in [5, 5.41) is 11.9. The third-order valence-corrected chi connectivity index (χ3v) is 7.29. The topological polar surface area (TPSA) is 95.9 Å². The minimum absolute atomic E-state index is 0.0463. The minimum Gasteiger partial charge on any atom is -0.481 e. The highest BCUT2D eigenvalue weighted by molar-refractivity contribution is 9.10. The maximum atomic E-state index is 13.5. The Kier molecular flexibility index (Phi) is 8.26. The van der Waals surface area contributed by atoms with Gasteiger partial charge in [0, 0.05) is 34.7 Å². The summed E-state index contributed by atoms with van der Waals surface area (Å²) < 4.78 is 6.24. The molecule has 0 fully saturated rings. The van der Waals surface area contributed by atoms with Gasteiger partial charge in [0.15, 0.2) is 0 Å². The second-order valence-corrected chi connectivity index (χ2v) is 10.5. The first kappa shape index (κ1) is 27.1. The van der Waals surface area contributed by atoms with Crippen LogP contribution >= 0.6 is 15.9 Å². The van der Waals surface area contributed by atoms with Crippen LogP contribution in [0.2, 0.25) is 0 Å². The summed E-state index contributed by atoms with van der Waals surface area (Å²) in [7, 11) is 0. The van der Waals surface area contributed by atoms with Gasteiger partial charge in [-0.25, -0.2) is 4.79 Å². The number of aliphatic carboxylic acids is 1. The van der Waals surface area contributed by atoms with Crippen molar-refractivity contribution in [2.75, 3.05) is 18.5 Å². The predicted octanol–water partition coefficient (Wildman–Crippen LogP) is 6.93. The standard InChI is InChI=1S/C32H27BrN2O5/c33-23-16-22(31(38)35(15-14-30(36)37)19-21-8-2-1-3-9-21)17-24(18-23)34-32(39)40-20-29-27-12-6-4-10-25(27)26-11-5-7-13-28(26)29/h1-13,16-18,29H,14-15,19-20H2,(H,34,39)(H,36,37). The van der Waals surface area contributed by atoms with E-state index in [4.69, 9.17) is 4.74 Å². The highest BCUT2D eigenvalue weighted by Gasteiger charge is 2.29. The number of benzene rings is 4. The molecule has 0 saturated carbocycles. The molecule has 4 aromatic rings. The van der Waals surface area contributed by atoms with E-state index in [9.17, 15) is 19.5 Å². The van der Waals surface area contributed by atoms with Crippen molar-refractivity contribution in [1.82, 2.24) is 4.90 Å². The van der Waals surface area contributed by atoms with E-state index in [2.05, 4.69) is 45.5 Å². The molecule has 4 aromatic carbocycles. The van der Waals surface area contributed by atoms with E-state index < -0.39 is 12.1 Å². The van der Waals surface area contributed by atoms with Gasteiger partial charge in [-0.3, -0.25) is 14.9 Å². The molecule has 40 heavy (non-hydrogen) atoms. The maximum Gasteiger partial charge on any atom is 0.411 e. The fraction of sp³-hybridized carbons (Fsp3) is 0.156. The summed E-state index contributed by atoms with van der Waals surface area (Å²) in [6.07, 6.45) is -0.817. The summed E-state index contributed by atoms with van der Waals surface area (Å²) in [5.74, 6) is -1.40. The maximum absolute atomic E-state index is 13.5. The van der Waals surface area contributed by atoms with Crippen molar-refractivity contribution in [3.05, 3.63) is 124 Å². The van der Waals surface area contributed by atoms with Crippen molar-refractivity contribution in [1.29, 1.82) is 0 Å². The van der Waals surface area contributed by atoms with Gasteiger partial charge in [0.1, 0.15) is 6.61 Å². The number of nitrogens with zero attached hydrogens (tertiary/aromatic N) is 1. The Balaban J connectivity index is 1.29. The van der Waals surface area contributed by atoms with Crippen LogP contribution in [0.1, 0.15) is 39.4 Å². The summed E-state index contributed by atoms with van der Waals surface area (Å²) in [5.41, 5.74) is 6.10. The smallest absolute Gasteiger partial charge is 0.411 e. The lowest BCUT2D eigenvalue weighted by Gasteiger charge is -2.23. The predicted molar refractivity (Wildman–Crippen MR) is 156 cm³/mol. The summed E-state index contributed by atoms with van der Waals surface area (Å²) in [6.45, 7) is 0.471. The molecule has 0 atom stereocenters. The molecule has 5 rings (SSSR count). The van der Waals surface area contributed by atoms with Crippen molar-refractivity contribution >= 4 is 39.6 Å². The number of fused-ring (bicyclic) bond motifs is 3. The molecular weight excluding hydrogens is 572 g/mol. The lowest BCUT2D eigenvalue weighted by atomic mass is 9.98. The first-order chi connectivity index (χ1) is 19.4. The summed E-state index contributed by atoms with van der Waals surface area (Å²) in [6, 6.07) is 30.5. The molecule has 0 spiro atoms. The van der Waals surface area contributed by atoms with Crippen LogP contribution in [-0.2, 0) is 16.1 Å². The Morgan fingerprint density at radius 3 is 2.12 bits per heavy atom. The fourth-order valence-corrected chi connectivity index (χ4v) is 5.50. The molecule has 0 aliphatic heterocycles. The second kappa shape index (κ2) is 12.2. The normalized spacial score (nSPS) is 11.8. The van der Waals surface area contributed by atoms with E-state index in [1.54, 1.807) is 18.2 Å². The third-order valence-electron chi connectivity index (χ3n) is 6.83. The number of carboxylic acids is 1. The van der Waals surface area contributed by atoms with Crippen LogP contribution in [0, 0.1) is 0 Å². The average molecular weight is 599 g/mol. The zero-order chi connectivity index (χ0) is 28.1. The molecule has 0 unspecified atom stereocenters. The van der Waals surface area contributed by atoms with E-state index >= 15 is 0 Å². The Labute approximate surface area is 240 Å². The lowest BCUT2D eigenvalue weighted by Crippen LogP contribution is -2.32. The molecule has 2 amide bonds. The van der Waals surface area contributed by atoms with Crippen LogP contribution in [0.4, 0.5) is 10.5 Å². The number of carboxylic acid groups (broad SMARTS) is 1. The average Bonchev–Trinajstić information content (AvgIpc) is 3.27. The monoisotopic (exact) mass is 598 g/mol. The molecule has 0 saturated heterocycles. The van der Waals surface area contributed by atoms with E-state index in [1.165, 1.54) is 4.90 Å². The van der Waals surface area contributed by atoms with Gasteiger partial charge in [-0.1, -0.05) is 94.8 Å². The van der Waals surface area contributed by atoms with Crippen LogP contribution in [0.15, 0.2) is 102 Å². The van der Waals surface area contributed by atoms with E-state index in [-0.39, 0.29) is 37.9 Å². The van der Waals surface area contributed by atoms with Crippen LogP contribution in [0.3, 0.4) is 0 Å². The number of hydrogen-bond donors (Lipinski definition) is 2. The summed E-state index contributed by atoms with van der Waals surface area (Å²) >= 11 is 3.42. The highest BCUT2D eigenvalue weighted by Crippen LogP contribution is 2.44. The van der Waals surface area contributed by atoms with Gasteiger partial charge in [-0.2, -0.15) is 0 Å². The number of carbonyl (C=O) groups is 3. The number of halogens is 1. The first-order valence-corrected chi connectivity index (χ1v) is 13.7. The lowest BCUT2D eigenvalue weighted by molar-refractivity contribution is -0.137. The van der Waals surface area contributed by atoms with Gasteiger partial charge in [0.05, 0.1) is 6.42 Å². The molecule has 0 aromatic heterocycles. The number of carbonyl (C=O) groups excluding carboxylic acids is 2. The largest absolute Gasteiger partial charge is 0.481 e. The van der Waals surface area contributed by atoms with Crippen LogP contribution in [-0.4, -0.2) is 41.1 Å². The quantitative estimate of drug-likeness (QED) is 0.218. The van der Waals surface area contributed by atoms with Gasteiger partial charge in [-0.15, -0.1) is 0 Å². The number of amides is 2.